The van der Waals surface area contributed by atoms with Gasteiger partial charge in [-0.1, -0.05) is 0 Å². The van der Waals surface area contributed by atoms with Gasteiger partial charge in [0.25, 0.3) is 0 Å². The van der Waals surface area contributed by atoms with Crippen LogP contribution in [0.5, 0.6) is 0 Å². The van der Waals surface area contributed by atoms with Gasteiger partial charge < -0.3 is 9.64 Å². The standard InChI is InChI=1S/C9H12N6OS/c1-6-12-9(17-14-6)15-2-3-16-4-7(15)8-10-5-11-13-8/h5,7H,2-4H2,1H3,(H,10,11,13). The smallest absolute Gasteiger partial charge is 0.205 e. The molecule has 0 radical (unpaired) electrons. The zero-order valence-corrected chi connectivity index (χ0v) is 10.1. The number of aromatic amines is 1. The highest BCUT2D eigenvalue weighted by molar-refractivity contribution is 7.09. The number of hydrogen-bond donors (Lipinski definition) is 1. The van der Waals surface area contributed by atoms with E-state index in [1.165, 1.54) is 17.9 Å². The lowest BCUT2D eigenvalue weighted by atomic mass is 10.2. The lowest BCUT2D eigenvalue weighted by Gasteiger charge is -2.33. The zero-order valence-electron chi connectivity index (χ0n) is 9.33. The summed E-state index contributed by atoms with van der Waals surface area (Å²) in [5, 5.41) is 7.68. The van der Waals surface area contributed by atoms with Crippen LogP contribution in [0.1, 0.15) is 17.7 Å². The first-order chi connectivity index (χ1) is 8.34. The number of ether oxygens (including phenoxy) is 1. The Morgan fingerprint density at radius 3 is 3.24 bits per heavy atom. The maximum absolute atomic E-state index is 5.49. The Labute approximate surface area is 102 Å². The number of aryl methyl sites for hydroxylation is 1. The van der Waals surface area contributed by atoms with Gasteiger partial charge in [-0.05, 0) is 6.92 Å². The van der Waals surface area contributed by atoms with E-state index in [-0.39, 0.29) is 6.04 Å². The summed E-state index contributed by atoms with van der Waals surface area (Å²) in [6.07, 6.45) is 1.51. The Morgan fingerprint density at radius 1 is 1.59 bits per heavy atom. The van der Waals surface area contributed by atoms with Gasteiger partial charge in [0.15, 0.2) is 0 Å². The van der Waals surface area contributed by atoms with Crippen molar-refractivity contribution in [2.45, 2.75) is 13.0 Å². The molecule has 0 aromatic carbocycles. The molecule has 2 aromatic rings. The molecule has 2 aromatic heterocycles. The fourth-order valence-corrected chi connectivity index (χ4v) is 2.59. The third-order valence-electron chi connectivity index (χ3n) is 2.64. The predicted molar refractivity (Wildman–Crippen MR) is 61.9 cm³/mol. The summed E-state index contributed by atoms with van der Waals surface area (Å²) in [6.45, 7) is 3.97. The van der Waals surface area contributed by atoms with Crippen LogP contribution in [-0.2, 0) is 4.74 Å². The number of hydrogen-bond acceptors (Lipinski definition) is 7. The largest absolute Gasteiger partial charge is 0.377 e. The normalized spacial score (nSPS) is 20.8. The number of anilines is 1. The first kappa shape index (κ1) is 10.6. The van der Waals surface area contributed by atoms with Crippen molar-refractivity contribution >= 4 is 16.7 Å². The van der Waals surface area contributed by atoms with E-state index < -0.39 is 0 Å². The molecule has 0 aliphatic carbocycles. The van der Waals surface area contributed by atoms with Crippen molar-refractivity contribution in [1.29, 1.82) is 0 Å². The fraction of sp³-hybridized carbons (Fsp3) is 0.556. The van der Waals surface area contributed by atoms with Gasteiger partial charge in [-0.2, -0.15) is 9.47 Å². The fourth-order valence-electron chi connectivity index (χ4n) is 1.84. The van der Waals surface area contributed by atoms with Gasteiger partial charge in [0.1, 0.15) is 24.0 Å². The molecule has 0 bridgehead atoms. The van der Waals surface area contributed by atoms with E-state index >= 15 is 0 Å². The quantitative estimate of drug-likeness (QED) is 0.840. The monoisotopic (exact) mass is 252 g/mol. The van der Waals surface area contributed by atoms with Crippen LogP contribution in [0, 0.1) is 6.92 Å². The molecular weight excluding hydrogens is 240 g/mol. The summed E-state index contributed by atoms with van der Waals surface area (Å²) in [5.41, 5.74) is 0. The van der Waals surface area contributed by atoms with E-state index in [0.717, 1.165) is 23.3 Å². The van der Waals surface area contributed by atoms with Crippen molar-refractivity contribution < 1.29 is 4.74 Å². The molecule has 90 valence electrons. The maximum Gasteiger partial charge on any atom is 0.205 e. The Bertz CT molecular complexity index is 483. The lowest BCUT2D eigenvalue weighted by molar-refractivity contribution is 0.0918. The number of rotatable bonds is 2. The van der Waals surface area contributed by atoms with E-state index in [4.69, 9.17) is 4.74 Å². The van der Waals surface area contributed by atoms with Crippen molar-refractivity contribution in [3.05, 3.63) is 18.0 Å². The number of aromatic nitrogens is 5. The van der Waals surface area contributed by atoms with Crippen LogP contribution in [0.2, 0.25) is 0 Å². The van der Waals surface area contributed by atoms with Crippen LogP contribution < -0.4 is 4.90 Å². The number of H-pyrrole nitrogens is 1. The summed E-state index contributed by atoms with van der Waals surface area (Å²) >= 11 is 1.40. The maximum atomic E-state index is 5.49. The van der Waals surface area contributed by atoms with E-state index in [9.17, 15) is 0 Å². The average molecular weight is 252 g/mol. The molecule has 1 unspecified atom stereocenters. The summed E-state index contributed by atoms with van der Waals surface area (Å²) in [6, 6.07) is 0.0404. The van der Waals surface area contributed by atoms with Gasteiger partial charge in [0.05, 0.1) is 13.2 Å². The van der Waals surface area contributed by atoms with Gasteiger partial charge >= 0.3 is 0 Å². The Hall–Kier alpha value is -1.54. The highest BCUT2D eigenvalue weighted by Crippen LogP contribution is 2.28. The van der Waals surface area contributed by atoms with Gasteiger partial charge in [-0.3, -0.25) is 5.10 Å². The SMILES string of the molecule is Cc1nsc(N2CCOCC2c2ncn[nH]2)n1. The summed E-state index contributed by atoms with van der Waals surface area (Å²) in [5.74, 6) is 1.60. The molecule has 8 heteroatoms. The van der Waals surface area contributed by atoms with Gasteiger partial charge in [0.2, 0.25) is 5.13 Å². The molecule has 0 amide bonds. The molecule has 0 spiro atoms. The Balaban J connectivity index is 1.90. The topological polar surface area (TPSA) is 79.8 Å². The van der Waals surface area contributed by atoms with E-state index in [2.05, 4.69) is 29.4 Å². The minimum absolute atomic E-state index is 0.0404. The van der Waals surface area contributed by atoms with Crippen LogP contribution in [-0.4, -0.2) is 44.3 Å². The minimum Gasteiger partial charge on any atom is -0.377 e. The van der Waals surface area contributed by atoms with E-state index in [0.29, 0.717) is 13.2 Å². The number of morpholine rings is 1. The van der Waals surface area contributed by atoms with Crippen molar-refractivity contribution in [3.8, 4) is 0 Å². The van der Waals surface area contributed by atoms with Gasteiger partial charge in [-0.25, -0.2) is 9.97 Å². The minimum atomic E-state index is 0.0404. The Morgan fingerprint density at radius 2 is 2.53 bits per heavy atom. The summed E-state index contributed by atoms with van der Waals surface area (Å²) in [4.78, 5) is 10.8. The second kappa shape index (κ2) is 4.38. The van der Waals surface area contributed by atoms with Crippen molar-refractivity contribution in [1.82, 2.24) is 24.5 Å². The van der Waals surface area contributed by atoms with Crippen LogP contribution in [0.15, 0.2) is 6.33 Å². The van der Waals surface area contributed by atoms with Crippen LogP contribution >= 0.6 is 11.5 Å². The molecular formula is C9H12N6OS. The van der Waals surface area contributed by atoms with E-state index in [1.54, 1.807) is 0 Å². The van der Waals surface area contributed by atoms with Crippen molar-refractivity contribution in [2.75, 3.05) is 24.7 Å². The van der Waals surface area contributed by atoms with Crippen LogP contribution in [0.4, 0.5) is 5.13 Å². The predicted octanol–water partition coefficient (Wildman–Crippen LogP) is 0.543. The molecule has 3 heterocycles. The van der Waals surface area contributed by atoms with Crippen LogP contribution in [0.25, 0.3) is 0 Å². The highest BCUT2D eigenvalue weighted by atomic mass is 32.1. The first-order valence-electron chi connectivity index (χ1n) is 5.34. The molecule has 1 fully saturated rings. The Kier molecular flexibility index (Phi) is 2.73. The molecule has 1 atom stereocenters. The highest BCUT2D eigenvalue weighted by Gasteiger charge is 2.29. The zero-order chi connectivity index (χ0) is 11.7. The molecule has 0 saturated carbocycles. The number of nitrogens with one attached hydrogen (secondary N) is 1. The molecule has 1 saturated heterocycles. The second-order valence-corrected chi connectivity index (χ2v) is 4.51. The average Bonchev–Trinajstić information content (AvgIpc) is 3.00. The van der Waals surface area contributed by atoms with Crippen molar-refractivity contribution in [2.24, 2.45) is 0 Å². The van der Waals surface area contributed by atoms with Gasteiger partial charge in [0, 0.05) is 18.1 Å². The molecule has 17 heavy (non-hydrogen) atoms. The molecule has 3 rings (SSSR count). The third-order valence-corrected chi connectivity index (χ3v) is 3.48. The number of nitrogens with zero attached hydrogens (tertiary/aromatic N) is 5. The second-order valence-electron chi connectivity index (χ2n) is 3.78. The van der Waals surface area contributed by atoms with Crippen molar-refractivity contribution in [3.63, 3.8) is 0 Å². The molecule has 7 nitrogen and oxygen atoms in total. The molecule has 1 aliphatic rings. The summed E-state index contributed by atoms with van der Waals surface area (Å²) in [7, 11) is 0. The van der Waals surface area contributed by atoms with Crippen LogP contribution in [0.3, 0.4) is 0 Å². The molecule has 1 aliphatic heterocycles. The summed E-state index contributed by atoms with van der Waals surface area (Å²) < 4.78 is 9.70. The van der Waals surface area contributed by atoms with E-state index in [1.807, 2.05) is 6.92 Å². The van der Waals surface area contributed by atoms with Gasteiger partial charge in [-0.15, -0.1) is 0 Å². The lowest BCUT2D eigenvalue weighted by Crippen LogP contribution is -2.40. The third kappa shape index (κ3) is 2.01. The first-order valence-corrected chi connectivity index (χ1v) is 6.12. The molecule has 1 N–H and O–H groups in total.